The summed E-state index contributed by atoms with van der Waals surface area (Å²) in [7, 11) is 0. The highest BCUT2D eigenvalue weighted by molar-refractivity contribution is 7.99. The number of amides is 1. The first-order chi connectivity index (χ1) is 12.9. The molecule has 1 amide bonds. The van der Waals surface area contributed by atoms with E-state index < -0.39 is 0 Å². The minimum absolute atomic E-state index is 0.00806. The van der Waals surface area contributed by atoms with Crippen LogP contribution in [0.15, 0.2) is 52.4 Å². The summed E-state index contributed by atoms with van der Waals surface area (Å²) in [6.45, 7) is 0. The van der Waals surface area contributed by atoms with Crippen LogP contribution in [0.25, 0.3) is 11.3 Å². The number of nitrogens with zero attached hydrogens (tertiary/aromatic N) is 2. The monoisotopic (exact) mass is 440 g/mol. The first-order valence-electron chi connectivity index (χ1n) is 7.53. The zero-order valence-electron chi connectivity index (χ0n) is 13.5. The Morgan fingerprint density at radius 1 is 1.04 bits per heavy atom. The van der Waals surface area contributed by atoms with Gasteiger partial charge in [0.25, 0.3) is 5.56 Å². The zero-order valence-corrected chi connectivity index (χ0v) is 16.6. The van der Waals surface area contributed by atoms with Crippen molar-refractivity contribution in [3.05, 3.63) is 67.9 Å². The molecule has 0 aliphatic carbocycles. The summed E-state index contributed by atoms with van der Waals surface area (Å²) in [4.78, 5) is 26.9. The lowest BCUT2D eigenvalue weighted by Gasteiger charge is -2.08. The van der Waals surface area contributed by atoms with Crippen LogP contribution >= 0.6 is 46.6 Å². The quantitative estimate of drug-likeness (QED) is 0.449. The average Bonchev–Trinajstić information content (AvgIpc) is 2.65. The van der Waals surface area contributed by atoms with E-state index in [2.05, 4.69) is 20.5 Å². The predicted octanol–water partition coefficient (Wildman–Crippen LogP) is 4.52. The van der Waals surface area contributed by atoms with E-state index in [1.807, 2.05) is 6.07 Å². The lowest BCUT2D eigenvalue weighted by atomic mass is 10.2. The van der Waals surface area contributed by atoms with E-state index in [-0.39, 0.29) is 38.1 Å². The number of carbonyl (C=O) groups is 1. The highest BCUT2D eigenvalue weighted by atomic mass is 35.5. The van der Waals surface area contributed by atoms with Crippen LogP contribution in [0.4, 0.5) is 5.69 Å². The zero-order chi connectivity index (χ0) is 19.4. The maximum Gasteiger partial charge on any atom is 0.278 e. The molecule has 0 spiro atoms. The van der Waals surface area contributed by atoms with Crippen molar-refractivity contribution < 1.29 is 4.79 Å². The predicted molar refractivity (Wildman–Crippen MR) is 109 cm³/mol. The van der Waals surface area contributed by atoms with E-state index >= 15 is 0 Å². The minimum Gasteiger partial charge on any atom is -0.324 e. The standard InChI is InChI=1S/C17H11Cl3N4O2S/c18-10-6-12(20)13(7-11(10)19)21-14(25)8-27-17-22-16(26)15(23-24-17)9-4-2-1-3-5-9/h1-7H,8H2,(H,21,25)(H,22,24,26). The van der Waals surface area contributed by atoms with E-state index in [1.165, 1.54) is 12.1 Å². The van der Waals surface area contributed by atoms with Crippen molar-refractivity contribution in [1.29, 1.82) is 0 Å². The number of thioether (sulfide) groups is 1. The molecule has 0 radical (unpaired) electrons. The Morgan fingerprint density at radius 2 is 1.74 bits per heavy atom. The van der Waals surface area contributed by atoms with Gasteiger partial charge in [-0.15, -0.1) is 10.2 Å². The molecule has 1 aromatic heterocycles. The molecular formula is C17H11Cl3N4O2S. The Balaban J connectivity index is 1.65. The van der Waals surface area contributed by atoms with Crippen LogP contribution in [0.1, 0.15) is 0 Å². The third-order valence-corrected chi connectivity index (χ3v) is 5.25. The van der Waals surface area contributed by atoms with Gasteiger partial charge in [-0.25, -0.2) is 0 Å². The van der Waals surface area contributed by atoms with Crippen LogP contribution in [0.2, 0.25) is 15.1 Å². The van der Waals surface area contributed by atoms with Crippen molar-refractivity contribution in [2.75, 3.05) is 11.1 Å². The Bertz CT molecular complexity index is 1040. The van der Waals surface area contributed by atoms with E-state index in [4.69, 9.17) is 34.8 Å². The van der Waals surface area contributed by atoms with Crippen molar-refractivity contribution in [1.82, 2.24) is 15.2 Å². The van der Waals surface area contributed by atoms with Gasteiger partial charge >= 0.3 is 0 Å². The molecule has 0 atom stereocenters. The largest absolute Gasteiger partial charge is 0.324 e. The molecule has 0 saturated carbocycles. The molecule has 0 fully saturated rings. The SMILES string of the molecule is O=C(CSc1nnc(-c2ccccc2)c(=O)[nH]1)Nc1cc(Cl)c(Cl)cc1Cl. The number of nitrogens with one attached hydrogen (secondary N) is 2. The number of anilines is 1. The Hall–Kier alpha value is -2.06. The molecule has 27 heavy (non-hydrogen) atoms. The van der Waals surface area contributed by atoms with Crippen LogP contribution in [-0.2, 0) is 4.79 Å². The third-order valence-electron chi connectivity index (χ3n) is 3.35. The van der Waals surface area contributed by atoms with Crippen molar-refractivity contribution in [2.24, 2.45) is 0 Å². The highest BCUT2D eigenvalue weighted by Gasteiger charge is 2.12. The fourth-order valence-corrected chi connectivity index (χ4v) is 3.31. The summed E-state index contributed by atoms with van der Waals surface area (Å²) in [5, 5.41) is 11.6. The average molecular weight is 442 g/mol. The Morgan fingerprint density at radius 3 is 2.44 bits per heavy atom. The molecule has 138 valence electrons. The van der Waals surface area contributed by atoms with Crippen molar-refractivity contribution in [3.8, 4) is 11.3 Å². The lowest BCUT2D eigenvalue weighted by molar-refractivity contribution is -0.113. The van der Waals surface area contributed by atoms with Crippen LogP contribution in [-0.4, -0.2) is 26.8 Å². The molecule has 1 heterocycles. The molecule has 3 aromatic rings. The van der Waals surface area contributed by atoms with Gasteiger partial charge in [-0.1, -0.05) is 76.9 Å². The second-order valence-corrected chi connectivity index (χ2v) is 7.44. The molecule has 0 aliphatic rings. The van der Waals surface area contributed by atoms with Crippen LogP contribution < -0.4 is 10.9 Å². The van der Waals surface area contributed by atoms with Gasteiger partial charge in [0.05, 0.1) is 26.5 Å². The second-order valence-electron chi connectivity index (χ2n) is 5.26. The number of hydrogen-bond donors (Lipinski definition) is 2. The molecular weight excluding hydrogens is 431 g/mol. The summed E-state index contributed by atoms with van der Waals surface area (Å²) in [6.07, 6.45) is 0. The molecule has 0 aliphatic heterocycles. The normalized spacial score (nSPS) is 10.6. The van der Waals surface area contributed by atoms with Gasteiger partial charge in [0.1, 0.15) is 0 Å². The van der Waals surface area contributed by atoms with E-state index in [0.717, 1.165) is 11.8 Å². The van der Waals surface area contributed by atoms with Gasteiger partial charge in [0.2, 0.25) is 5.91 Å². The van der Waals surface area contributed by atoms with Gasteiger partial charge in [-0.3, -0.25) is 14.6 Å². The van der Waals surface area contributed by atoms with Crippen LogP contribution in [0, 0.1) is 0 Å². The maximum absolute atomic E-state index is 12.2. The number of carbonyl (C=O) groups excluding carboxylic acids is 1. The molecule has 0 saturated heterocycles. The number of benzene rings is 2. The van der Waals surface area contributed by atoms with Gasteiger partial charge < -0.3 is 5.32 Å². The van der Waals surface area contributed by atoms with Crippen molar-refractivity contribution in [3.63, 3.8) is 0 Å². The molecule has 2 aromatic carbocycles. The molecule has 2 N–H and O–H groups in total. The number of halogens is 3. The lowest BCUT2D eigenvalue weighted by Crippen LogP contribution is -2.17. The summed E-state index contributed by atoms with van der Waals surface area (Å²) in [5.41, 5.74) is 0.837. The van der Waals surface area contributed by atoms with Gasteiger partial charge in [-0.05, 0) is 12.1 Å². The Kier molecular flexibility index (Phi) is 6.38. The number of hydrogen-bond acceptors (Lipinski definition) is 5. The van der Waals surface area contributed by atoms with Crippen molar-refractivity contribution >= 4 is 58.2 Å². The number of aromatic nitrogens is 3. The summed E-state index contributed by atoms with van der Waals surface area (Å²) >= 11 is 18.8. The summed E-state index contributed by atoms with van der Waals surface area (Å²) < 4.78 is 0. The van der Waals surface area contributed by atoms with Gasteiger partial charge in [0, 0.05) is 5.56 Å². The summed E-state index contributed by atoms with van der Waals surface area (Å²) in [5.74, 6) is -0.360. The van der Waals surface area contributed by atoms with E-state index in [9.17, 15) is 9.59 Å². The molecule has 6 nitrogen and oxygen atoms in total. The molecule has 0 bridgehead atoms. The number of H-pyrrole nitrogens is 1. The van der Waals surface area contributed by atoms with Gasteiger partial charge in [0.15, 0.2) is 10.9 Å². The first-order valence-corrected chi connectivity index (χ1v) is 9.65. The van der Waals surface area contributed by atoms with Gasteiger partial charge in [-0.2, -0.15) is 0 Å². The van der Waals surface area contributed by atoms with Crippen LogP contribution in [0.3, 0.4) is 0 Å². The Labute approximate surface area is 173 Å². The van der Waals surface area contributed by atoms with E-state index in [1.54, 1.807) is 24.3 Å². The molecule has 0 unspecified atom stereocenters. The third kappa shape index (κ3) is 5.01. The topological polar surface area (TPSA) is 87.7 Å². The minimum atomic E-state index is -0.383. The van der Waals surface area contributed by atoms with Crippen molar-refractivity contribution in [2.45, 2.75) is 5.16 Å². The first kappa shape index (κ1) is 19.7. The summed E-state index contributed by atoms with van der Waals surface area (Å²) in [6, 6.07) is 11.9. The maximum atomic E-state index is 12.2. The molecule has 10 heteroatoms. The molecule has 3 rings (SSSR count). The highest BCUT2D eigenvalue weighted by Crippen LogP contribution is 2.32. The fourth-order valence-electron chi connectivity index (χ4n) is 2.11. The van der Waals surface area contributed by atoms with E-state index in [0.29, 0.717) is 16.3 Å². The second kappa shape index (κ2) is 8.75. The smallest absolute Gasteiger partial charge is 0.278 e. The number of rotatable bonds is 5. The number of aromatic amines is 1. The van der Waals surface area contributed by atoms with Crippen LogP contribution in [0.5, 0.6) is 0 Å². The fraction of sp³-hybridized carbons (Fsp3) is 0.0588.